The van der Waals surface area contributed by atoms with Crippen LogP contribution < -0.4 is 5.32 Å². The number of carbonyl (C=O) groups excluding carboxylic acids is 1. The monoisotopic (exact) mass is 503 g/mol. The summed E-state index contributed by atoms with van der Waals surface area (Å²) in [5, 5.41) is 19.2. The van der Waals surface area contributed by atoms with Crippen LogP contribution >= 0.6 is 0 Å². The van der Waals surface area contributed by atoms with Crippen molar-refractivity contribution in [3.8, 4) is 0 Å². The maximum atomic E-state index is 12.3. The number of hydrogen-bond donors (Lipinski definition) is 3. The molecule has 6 heteroatoms. The van der Waals surface area contributed by atoms with Crippen LogP contribution in [0.5, 0.6) is 0 Å². The number of fused-ring (bicyclic) bond motifs is 6. The number of H-pyrrole nitrogens is 1. The highest BCUT2D eigenvalue weighted by molar-refractivity contribution is 5.96. The van der Waals surface area contributed by atoms with Gasteiger partial charge in [-0.1, -0.05) is 42.8 Å². The van der Waals surface area contributed by atoms with Gasteiger partial charge >= 0.3 is 0 Å². The second-order valence-electron chi connectivity index (χ2n) is 12.5. The van der Waals surface area contributed by atoms with E-state index in [0.29, 0.717) is 18.4 Å². The minimum atomic E-state index is -0.140. The van der Waals surface area contributed by atoms with Gasteiger partial charge in [-0.15, -0.1) is 0 Å². The van der Waals surface area contributed by atoms with Crippen LogP contribution in [0, 0.1) is 28.6 Å². The highest BCUT2D eigenvalue weighted by atomic mass is 16.6. The molecule has 4 aliphatic rings. The van der Waals surface area contributed by atoms with Gasteiger partial charge in [-0.2, -0.15) is 0 Å². The second-order valence-corrected chi connectivity index (χ2v) is 12.5. The molecule has 3 saturated carbocycles. The number of aromatic nitrogens is 1. The Morgan fingerprint density at radius 3 is 2.86 bits per heavy atom. The van der Waals surface area contributed by atoms with Gasteiger partial charge in [0.1, 0.15) is 0 Å². The van der Waals surface area contributed by atoms with Gasteiger partial charge in [0, 0.05) is 24.2 Å². The van der Waals surface area contributed by atoms with E-state index in [4.69, 9.17) is 4.84 Å². The number of allylic oxidation sites excluding steroid dienone is 2. The molecule has 1 heterocycles. The van der Waals surface area contributed by atoms with Crippen molar-refractivity contribution < 1.29 is 14.7 Å². The van der Waals surface area contributed by atoms with Gasteiger partial charge in [0.15, 0.2) is 6.61 Å². The maximum Gasteiger partial charge on any atom is 0.260 e. The molecule has 3 N–H and O–H groups in total. The van der Waals surface area contributed by atoms with E-state index >= 15 is 0 Å². The van der Waals surface area contributed by atoms with Crippen molar-refractivity contribution >= 4 is 22.5 Å². The molecule has 6 nitrogen and oxygen atoms in total. The van der Waals surface area contributed by atoms with Crippen molar-refractivity contribution in [2.75, 3.05) is 13.2 Å². The van der Waals surface area contributed by atoms with E-state index in [9.17, 15) is 9.90 Å². The molecule has 2 aromatic rings. The van der Waals surface area contributed by atoms with Gasteiger partial charge < -0.3 is 20.2 Å². The number of para-hydroxylation sites is 1. The van der Waals surface area contributed by atoms with Crippen LogP contribution in [-0.4, -0.2) is 41.0 Å². The number of nitrogens with one attached hydrogen (secondary N) is 2. The molecule has 6 rings (SSSR count). The van der Waals surface area contributed by atoms with Crippen LogP contribution in [-0.2, 0) is 16.1 Å². The number of aliphatic hydroxyl groups excluding tert-OH is 1. The minimum absolute atomic E-state index is 0.0517. The first kappa shape index (κ1) is 24.7. The Morgan fingerprint density at radius 2 is 2.00 bits per heavy atom. The van der Waals surface area contributed by atoms with Crippen molar-refractivity contribution in [3.05, 3.63) is 47.7 Å². The first-order valence-corrected chi connectivity index (χ1v) is 14.3. The number of aromatic amines is 1. The zero-order chi connectivity index (χ0) is 25.6. The molecule has 3 fully saturated rings. The Balaban J connectivity index is 1.01. The minimum Gasteiger partial charge on any atom is -0.393 e. The van der Waals surface area contributed by atoms with Crippen LogP contribution in [0.15, 0.2) is 47.1 Å². The van der Waals surface area contributed by atoms with Gasteiger partial charge in [-0.05, 0) is 104 Å². The third kappa shape index (κ3) is 4.41. The van der Waals surface area contributed by atoms with Crippen molar-refractivity contribution in [3.63, 3.8) is 0 Å². The van der Waals surface area contributed by atoms with E-state index in [-0.39, 0.29) is 29.4 Å². The zero-order valence-corrected chi connectivity index (χ0v) is 22.3. The van der Waals surface area contributed by atoms with Crippen LogP contribution in [0.25, 0.3) is 10.9 Å². The molecule has 37 heavy (non-hydrogen) atoms. The van der Waals surface area contributed by atoms with E-state index in [1.54, 1.807) is 0 Å². The lowest BCUT2D eigenvalue weighted by atomic mass is 9.47. The van der Waals surface area contributed by atoms with Crippen LogP contribution in [0.3, 0.4) is 0 Å². The van der Waals surface area contributed by atoms with E-state index in [2.05, 4.69) is 53.6 Å². The molecule has 4 aliphatic carbocycles. The lowest BCUT2D eigenvalue weighted by molar-refractivity contribution is -0.125. The lowest BCUT2D eigenvalue weighted by Crippen LogP contribution is -2.51. The Hall–Kier alpha value is -2.60. The highest BCUT2D eigenvalue weighted by Crippen LogP contribution is 2.65. The third-order valence-electron chi connectivity index (χ3n) is 10.6. The number of hydrogen-bond acceptors (Lipinski definition) is 4. The molecule has 1 aromatic carbocycles. The van der Waals surface area contributed by atoms with Gasteiger partial charge in [0.2, 0.25) is 0 Å². The Labute approximate surface area is 219 Å². The van der Waals surface area contributed by atoms with E-state index < -0.39 is 0 Å². The maximum absolute atomic E-state index is 12.3. The Bertz CT molecular complexity index is 1200. The molecule has 1 aromatic heterocycles. The molecule has 198 valence electrons. The average molecular weight is 504 g/mol. The van der Waals surface area contributed by atoms with E-state index in [0.717, 1.165) is 61.4 Å². The van der Waals surface area contributed by atoms with E-state index in [1.807, 2.05) is 12.1 Å². The number of amides is 1. The summed E-state index contributed by atoms with van der Waals surface area (Å²) < 4.78 is 0. The van der Waals surface area contributed by atoms with Crippen LogP contribution in [0.2, 0.25) is 0 Å². The van der Waals surface area contributed by atoms with Crippen LogP contribution in [0.4, 0.5) is 0 Å². The highest BCUT2D eigenvalue weighted by Gasteiger charge is 2.58. The van der Waals surface area contributed by atoms with Crippen molar-refractivity contribution in [2.45, 2.75) is 77.7 Å². The molecule has 0 aliphatic heterocycles. The van der Waals surface area contributed by atoms with Crippen molar-refractivity contribution in [1.82, 2.24) is 10.3 Å². The second kappa shape index (κ2) is 9.61. The van der Waals surface area contributed by atoms with Gasteiger partial charge in [0.05, 0.1) is 11.8 Å². The SMILES string of the molecule is C[C@]12CC[C@@H]3[C@H](CCC4=CC(=NOCC(=O)NCCc5cc6ccccc6[nH]5)CC[C@@]43C)[C@@H]1CC[C@@H]2O. The summed E-state index contributed by atoms with van der Waals surface area (Å²) in [6.07, 6.45) is 11.8. The van der Waals surface area contributed by atoms with Crippen molar-refractivity contribution in [2.24, 2.45) is 33.7 Å². The summed E-state index contributed by atoms with van der Waals surface area (Å²) in [4.78, 5) is 21.1. The topological polar surface area (TPSA) is 86.7 Å². The zero-order valence-electron chi connectivity index (χ0n) is 22.3. The number of benzene rings is 1. The first-order valence-electron chi connectivity index (χ1n) is 14.3. The quantitative estimate of drug-likeness (QED) is 0.454. The molecule has 0 radical (unpaired) electrons. The number of oxime groups is 1. The van der Waals surface area contributed by atoms with Crippen LogP contribution in [0.1, 0.15) is 70.9 Å². The smallest absolute Gasteiger partial charge is 0.260 e. The number of carbonyl (C=O) groups is 1. The molecule has 0 bridgehead atoms. The Kier molecular flexibility index (Phi) is 6.42. The predicted molar refractivity (Wildman–Crippen MR) is 146 cm³/mol. The summed E-state index contributed by atoms with van der Waals surface area (Å²) in [5.41, 5.74) is 5.08. The average Bonchev–Trinajstić information content (AvgIpc) is 3.44. The fourth-order valence-electron chi connectivity index (χ4n) is 8.45. The van der Waals surface area contributed by atoms with Gasteiger partial charge in [-0.3, -0.25) is 4.79 Å². The lowest BCUT2D eigenvalue weighted by Gasteiger charge is -2.57. The first-order chi connectivity index (χ1) is 17.9. The fourth-order valence-corrected chi connectivity index (χ4v) is 8.45. The molecular formula is C31H41N3O3. The van der Waals surface area contributed by atoms with E-state index in [1.165, 1.54) is 30.2 Å². The molecular weight excluding hydrogens is 462 g/mol. The molecule has 1 amide bonds. The van der Waals surface area contributed by atoms with Gasteiger partial charge in [0.25, 0.3) is 5.91 Å². The predicted octanol–water partition coefficient (Wildman–Crippen LogP) is 5.52. The summed E-state index contributed by atoms with van der Waals surface area (Å²) in [6.45, 7) is 5.33. The summed E-state index contributed by atoms with van der Waals surface area (Å²) >= 11 is 0. The summed E-state index contributed by atoms with van der Waals surface area (Å²) in [7, 11) is 0. The third-order valence-corrected chi connectivity index (χ3v) is 10.6. The number of rotatable bonds is 6. The standard InChI is InChI=1S/C31H41N3O3/c1-30-14-11-23(18-21(30)7-8-24-25-9-10-28(35)31(25,2)15-12-26(24)30)34-37-19-29(36)32-16-13-22-17-20-5-3-4-6-27(20)33-22/h3-6,17-18,24-26,28,33,35H,7-16,19H2,1-2H3,(H,32,36)/t24-,25+,26-,28+,30+,31+/m1/s1. The molecule has 6 atom stereocenters. The van der Waals surface area contributed by atoms with Crippen molar-refractivity contribution in [1.29, 1.82) is 0 Å². The molecule has 0 unspecified atom stereocenters. The number of nitrogens with zero attached hydrogens (tertiary/aromatic N) is 1. The molecule has 0 spiro atoms. The number of aliphatic hydroxyl groups is 1. The van der Waals surface area contributed by atoms with Gasteiger partial charge in [-0.25, -0.2) is 0 Å². The molecule has 0 saturated heterocycles. The largest absolute Gasteiger partial charge is 0.393 e. The fraction of sp³-hybridized carbons (Fsp3) is 0.613. The summed E-state index contributed by atoms with van der Waals surface area (Å²) in [5.74, 6) is 1.98. The Morgan fingerprint density at radius 1 is 1.14 bits per heavy atom. The summed E-state index contributed by atoms with van der Waals surface area (Å²) in [6, 6.07) is 10.3. The normalized spacial score (nSPS) is 36.0.